The van der Waals surface area contributed by atoms with Gasteiger partial charge in [-0.3, -0.25) is 9.59 Å². The summed E-state index contributed by atoms with van der Waals surface area (Å²) in [5, 5.41) is 11.8. The lowest BCUT2D eigenvalue weighted by Crippen LogP contribution is -2.36. The predicted octanol–water partition coefficient (Wildman–Crippen LogP) is 0.570. The average Bonchev–Trinajstić information content (AvgIpc) is 2.46. The Morgan fingerprint density at radius 1 is 1.55 bits per heavy atom. The van der Waals surface area contributed by atoms with Gasteiger partial charge in [-0.1, -0.05) is 0 Å². The van der Waals surface area contributed by atoms with E-state index in [0.717, 1.165) is 0 Å². The first kappa shape index (κ1) is 15.7. The van der Waals surface area contributed by atoms with Gasteiger partial charge in [-0.15, -0.1) is 0 Å². The molecule has 1 aromatic rings. The normalized spacial score (nSPS) is 9.65. The first-order chi connectivity index (χ1) is 9.62. The summed E-state index contributed by atoms with van der Waals surface area (Å²) in [6, 6.07) is 6.80. The van der Waals surface area contributed by atoms with Crippen LogP contribution < -0.4 is 10.2 Å². The number of carbonyl (C=O) groups is 2. The fraction of sp³-hybridized carbons (Fsp3) is 0.357. The molecule has 106 valence electrons. The third-order valence-corrected chi connectivity index (χ3v) is 2.70. The molecule has 0 aromatic heterocycles. The molecule has 0 fully saturated rings. The molecule has 6 heteroatoms. The highest BCUT2D eigenvalue weighted by Crippen LogP contribution is 2.19. The standard InChI is InChI=1S/C14H17N3O3/c1-17(9-14(19)16-5-6-20-2)13-4-3-11(10-18)7-12(13)8-15/h3-4,7,10H,5-6,9H2,1-2H3,(H,16,19). The number of nitriles is 1. The van der Waals surface area contributed by atoms with Crippen LogP contribution in [-0.4, -0.2) is 46.0 Å². The monoisotopic (exact) mass is 275 g/mol. The highest BCUT2D eigenvalue weighted by molar-refractivity contribution is 5.83. The van der Waals surface area contributed by atoms with E-state index < -0.39 is 0 Å². The van der Waals surface area contributed by atoms with E-state index >= 15 is 0 Å². The molecule has 0 spiro atoms. The number of amides is 1. The van der Waals surface area contributed by atoms with Gasteiger partial charge in [0.25, 0.3) is 0 Å². The van der Waals surface area contributed by atoms with Gasteiger partial charge in [-0.2, -0.15) is 5.26 Å². The van der Waals surface area contributed by atoms with Crippen molar-refractivity contribution >= 4 is 17.9 Å². The van der Waals surface area contributed by atoms with Crippen LogP contribution in [0.4, 0.5) is 5.69 Å². The molecule has 0 saturated carbocycles. The van der Waals surface area contributed by atoms with Crippen molar-refractivity contribution in [2.24, 2.45) is 0 Å². The van der Waals surface area contributed by atoms with Gasteiger partial charge in [-0.25, -0.2) is 0 Å². The van der Waals surface area contributed by atoms with Crippen molar-refractivity contribution < 1.29 is 14.3 Å². The SMILES string of the molecule is COCCNC(=O)CN(C)c1ccc(C=O)cc1C#N. The van der Waals surface area contributed by atoms with E-state index in [0.29, 0.717) is 36.3 Å². The van der Waals surface area contributed by atoms with Crippen LogP contribution in [-0.2, 0) is 9.53 Å². The maximum absolute atomic E-state index is 11.7. The first-order valence-electron chi connectivity index (χ1n) is 6.08. The van der Waals surface area contributed by atoms with Gasteiger partial charge < -0.3 is 15.0 Å². The van der Waals surface area contributed by atoms with Gasteiger partial charge in [0, 0.05) is 26.3 Å². The largest absolute Gasteiger partial charge is 0.383 e. The Morgan fingerprint density at radius 2 is 2.30 bits per heavy atom. The molecule has 0 aliphatic heterocycles. The van der Waals surface area contributed by atoms with E-state index in [1.165, 1.54) is 6.07 Å². The minimum atomic E-state index is -0.159. The highest BCUT2D eigenvalue weighted by atomic mass is 16.5. The van der Waals surface area contributed by atoms with Gasteiger partial charge in [0.2, 0.25) is 5.91 Å². The second kappa shape index (κ2) is 7.92. The van der Waals surface area contributed by atoms with Crippen LogP contribution in [0, 0.1) is 11.3 Å². The quantitative estimate of drug-likeness (QED) is 0.581. The van der Waals surface area contributed by atoms with Crippen molar-refractivity contribution in [1.82, 2.24) is 5.32 Å². The number of benzene rings is 1. The molecule has 0 aliphatic carbocycles. The molecule has 1 rings (SSSR count). The zero-order valence-electron chi connectivity index (χ0n) is 11.5. The van der Waals surface area contributed by atoms with Crippen LogP contribution >= 0.6 is 0 Å². The zero-order chi connectivity index (χ0) is 15.0. The van der Waals surface area contributed by atoms with E-state index in [-0.39, 0.29) is 12.5 Å². The number of aldehydes is 1. The Kier molecular flexibility index (Phi) is 6.20. The molecule has 0 heterocycles. The molecule has 0 bridgehead atoms. The lowest BCUT2D eigenvalue weighted by atomic mass is 10.1. The summed E-state index contributed by atoms with van der Waals surface area (Å²) in [7, 11) is 3.28. The van der Waals surface area contributed by atoms with Crippen LogP contribution in [0.15, 0.2) is 18.2 Å². The van der Waals surface area contributed by atoms with E-state index in [1.54, 1.807) is 31.2 Å². The third-order valence-electron chi connectivity index (χ3n) is 2.70. The minimum Gasteiger partial charge on any atom is -0.383 e. The van der Waals surface area contributed by atoms with E-state index in [9.17, 15) is 9.59 Å². The van der Waals surface area contributed by atoms with Crippen LogP contribution in [0.3, 0.4) is 0 Å². The second-order valence-corrected chi connectivity index (χ2v) is 4.21. The maximum atomic E-state index is 11.7. The Hall–Kier alpha value is -2.39. The van der Waals surface area contributed by atoms with E-state index in [4.69, 9.17) is 10.00 Å². The lowest BCUT2D eigenvalue weighted by Gasteiger charge is -2.20. The van der Waals surface area contributed by atoms with Crippen molar-refractivity contribution in [1.29, 1.82) is 5.26 Å². The molecular formula is C14H17N3O3. The molecule has 0 radical (unpaired) electrons. The summed E-state index contributed by atoms with van der Waals surface area (Å²) in [5.74, 6) is -0.159. The Bertz CT molecular complexity index is 523. The fourth-order valence-electron chi connectivity index (χ4n) is 1.70. The summed E-state index contributed by atoms with van der Waals surface area (Å²) >= 11 is 0. The van der Waals surface area contributed by atoms with Gasteiger partial charge in [-0.05, 0) is 18.2 Å². The summed E-state index contributed by atoms with van der Waals surface area (Å²) in [5.41, 5.74) is 1.41. The summed E-state index contributed by atoms with van der Waals surface area (Å²) < 4.78 is 4.84. The van der Waals surface area contributed by atoms with Gasteiger partial charge in [0.1, 0.15) is 12.4 Å². The molecule has 0 unspecified atom stereocenters. The number of ether oxygens (including phenoxy) is 1. The van der Waals surface area contributed by atoms with E-state index in [2.05, 4.69) is 5.32 Å². The first-order valence-corrected chi connectivity index (χ1v) is 6.08. The van der Waals surface area contributed by atoms with E-state index in [1.807, 2.05) is 6.07 Å². The molecule has 20 heavy (non-hydrogen) atoms. The highest BCUT2D eigenvalue weighted by Gasteiger charge is 2.11. The summed E-state index contributed by atoms with van der Waals surface area (Å²) in [6.45, 7) is 1.02. The van der Waals surface area contributed by atoms with Crippen LogP contribution in [0.1, 0.15) is 15.9 Å². The van der Waals surface area contributed by atoms with Crippen molar-refractivity contribution in [3.8, 4) is 6.07 Å². The van der Waals surface area contributed by atoms with Gasteiger partial charge >= 0.3 is 0 Å². The molecule has 0 saturated heterocycles. The van der Waals surface area contributed by atoms with Crippen LogP contribution in [0.5, 0.6) is 0 Å². The topological polar surface area (TPSA) is 82.4 Å². The summed E-state index contributed by atoms with van der Waals surface area (Å²) in [4.78, 5) is 24.0. The maximum Gasteiger partial charge on any atom is 0.239 e. The number of rotatable bonds is 7. The Balaban J connectivity index is 2.72. The van der Waals surface area contributed by atoms with Gasteiger partial charge in [0.05, 0.1) is 24.4 Å². The number of anilines is 1. The number of hydrogen-bond acceptors (Lipinski definition) is 5. The molecule has 6 nitrogen and oxygen atoms in total. The van der Waals surface area contributed by atoms with Crippen molar-refractivity contribution in [3.05, 3.63) is 29.3 Å². The molecule has 0 aliphatic rings. The Labute approximate surface area is 117 Å². The van der Waals surface area contributed by atoms with Crippen LogP contribution in [0.2, 0.25) is 0 Å². The van der Waals surface area contributed by atoms with Crippen molar-refractivity contribution in [2.75, 3.05) is 38.8 Å². The number of carbonyl (C=O) groups excluding carboxylic acids is 2. The second-order valence-electron chi connectivity index (χ2n) is 4.21. The fourth-order valence-corrected chi connectivity index (χ4v) is 1.70. The number of nitrogens with one attached hydrogen (secondary N) is 1. The van der Waals surface area contributed by atoms with Crippen LogP contribution in [0.25, 0.3) is 0 Å². The molecular weight excluding hydrogens is 258 g/mol. The minimum absolute atomic E-state index is 0.124. The zero-order valence-corrected chi connectivity index (χ0v) is 11.5. The van der Waals surface area contributed by atoms with Gasteiger partial charge in [0.15, 0.2) is 0 Å². The Morgan fingerprint density at radius 3 is 2.90 bits per heavy atom. The molecule has 1 amide bonds. The van der Waals surface area contributed by atoms with Crippen molar-refractivity contribution in [2.45, 2.75) is 0 Å². The number of likely N-dealkylation sites (N-methyl/N-ethyl adjacent to an activating group) is 1. The molecule has 1 aromatic carbocycles. The molecule has 0 atom stereocenters. The third kappa shape index (κ3) is 4.37. The number of hydrogen-bond donors (Lipinski definition) is 1. The number of methoxy groups -OCH3 is 1. The van der Waals surface area contributed by atoms with Crippen molar-refractivity contribution in [3.63, 3.8) is 0 Å². The average molecular weight is 275 g/mol. The predicted molar refractivity (Wildman–Crippen MR) is 74.7 cm³/mol. The number of nitrogens with zero attached hydrogens (tertiary/aromatic N) is 2. The smallest absolute Gasteiger partial charge is 0.239 e. The summed E-state index contributed by atoms with van der Waals surface area (Å²) in [6.07, 6.45) is 0.683. The lowest BCUT2D eigenvalue weighted by molar-refractivity contribution is -0.119. The molecule has 1 N–H and O–H groups in total.